The molecule has 2 aromatic rings. The van der Waals surface area contributed by atoms with Gasteiger partial charge in [-0.2, -0.15) is 0 Å². The van der Waals surface area contributed by atoms with Crippen LogP contribution in [0.4, 0.5) is 5.95 Å². The summed E-state index contributed by atoms with van der Waals surface area (Å²) in [5.41, 5.74) is 0.384. The summed E-state index contributed by atoms with van der Waals surface area (Å²) in [5.74, 6) is 0.693. The third kappa shape index (κ3) is 4.71. The Bertz CT molecular complexity index is 782. The predicted octanol–water partition coefficient (Wildman–Crippen LogP) is 3.95. The highest BCUT2D eigenvalue weighted by atomic mass is 35.5. The minimum atomic E-state index is -0.501. The standard InChI is InChI=1S/C18H23ClN4O2S/c1-18(2,3)25-15(24)12-26-17-21-20-16(22-9-4-5-10-22)23(17)14-8-6-7-13(19)11-14/h6-8,11H,4-5,9-10,12H2,1-3H3. The lowest BCUT2D eigenvalue weighted by atomic mass is 10.2. The lowest BCUT2D eigenvalue weighted by molar-refractivity contribution is -0.151. The van der Waals surface area contributed by atoms with Crippen molar-refractivity contribution >= 4 is 35.3 Å². The number of halogens is 1. The first-order chi connectivity index (χ1) is 12.3. The number of aromatic nitrogens is 3. The summed E-state index contributed by atoms with van der Waals surface area (Å²) < 4.78 is 7.35. The molecule has 0 aliphatic carbocycles. The van der Waals surface area contributed by atoms with E-state index in [0.29, 0.717) is 10.2 Å². The van der Waals surface area contributed by atoms with E-state index in [4.69, 9.17) is 16.3 Å². The molecule has 1 saturated heterocycles. The van der Waals surface area contributed by atoms with Crippen LogP contribution < -0.4 is 4.90 Å². The molecule has 2 heterocycles. The van der Waals surface area contributed by atoms with Crippen molar-refractivity contribution in [1.82, 2.24) is 14.8 Å². The van der Waals surface area contributed by atoms with Gasteiger partial charge in [0.15, 0.2) is 5.16 Å². The molecular weight excluding hydrogens is 372 g/mol. The second kappa shape index (κ2) is 7.88. The van der Waals surface area contributed by atoms with Crippen molar-refractivity contribution in [3.8, 4) is 5.69 Å². The molecule has 0 saturated carbocycles. The zero-order valence-electron chi connectivity index (χ0n) is 15.2. The fourth-order valence-electron chi connectivity index (χ4n) is 2.81. The Labute approximate surface area is 162 Å². The number of carbonyl (C=O) groups excluding carboxylic acids is 1. The fourth-order valence-corrected chi connectivity index (χ4v) is 3.72. The van der Waals surface area contributed by atoms with Gasteiger partial charge in [0.25, 0.3) is 0 Å². The maximum atomic E-state index is 12.1. The molecule has 0 unspecified atom stereocenters. The van der Waals surface area contributed by atoms with Crippen molar-refractivity contribution in [3.05, 3.63) is 29.3 Å². The summed E-state index contributed by atoms with van der Waals surface area (Å²) >= 11 is 7.50. The second-order valence-electron chi connectivity index (χ2n) is 7.17. The van der Waals surface area contributed by atoms with Crippen molar-refractivity contribution in [1.29, 1.82) is 0 Å². The van der Waals surface area contributed by atoms with Crippen molar-refractivity contribution in [2.75, 3.05) is 23.7 Å². The van der Waals surface area contributed by atoms with E-state index < -0.39 is 5.60 Å². The number of carbonyl (C=O) groups is 1. The van der Waals surface area contributed by atoms with Gasteiger partial charge in [0, 0.05) is 18.1 Å². The molecule has 0 spiro atoms. The summed E-state index contributed by atoms with van der Waals surface area (Å²) in [5, 5.41) is 10.00. The Balaban J connectivity index is 1.86. The van der Waals surface area contributed by atoms with Gasteiger partial charge in [-0.15, -0.1) is 10.2 Å². The summed E-state index contributed by atoms with van der Waals surface area (Å²) in [6, 6.07) is 7.57. The summed E-state index contributed by atoms with van der Waals surface area (Å²) in [7, 11) is 0. The Kier molecular flexibility index (Phi) is 5.77. The molecule has 1 aromatic heterocycles. The molecule has 1 aliphatic heterocycles. The average Bonchev–Trinajstić information content (AvgIpc) is 3.20. The number of hydrogen-bond acceptors (Lipinski definition) is 6. The van der Waals surface area contributed by atoms with E-state index in [-0.39, 0.29) is 11.7 Å². The van der Waals surface area contributed by atoms with Crippen LogP contribution >= 0.6 is 23.4 Å². The monoisotopic (exact) mass is 394 g/mol. The van der Waals surface area contributed by atoms with E-state index in [1.54, 1.807) is 0 Å². The van der Waals surface area contributed by atoms with E-state index >= 15 is 0 Å². The Morgan fingerprint density at radius 1 is 1.27 bits per heavy atom. The van der Waals surface area contributed by atoms with Crippen LogP contribution in [0.5, 0.6) is 0 Å². The van der Waals surface area contributed by atoms with Crippen LogP contribution in [0, 0.1) is 0 Å². The highest BCUT2D eigenvalue weighted by molar-refractivity contribution is 7.99. The number of nitrogens with zero attached hydrogens (tertiary/aromatic N) is 4. The highest BCUT2D eigenvalue weighted by Gasteiger charge is 2.24. The smallest absolute Gasteiger partial charge is 0.316 e. The molecule has 0 atom stereocenters. The van der Waals surface area contributed by atoms with Crippen LogP contribution in [-0.2, 0) is 9.53 Å². The molecular formula is C18H23ClN4O2S. The van der Waals surface area contributed by atoms with Gasteiger partial charge in [0.2, 0.25) is 5.95 Å². The Morgan fingerprint density at radius 2 is 2.00 bits per heavy atom. The van der Waals surface area contributed by atoms with Crippen molar-refractivity contribution < 1.29 is 9.53 Å². The average molecular weight is 395 g/mol. The molecule has 1 aromatic carbocycles. The largest absolute Gasteiger partial charge is 0.459 e. The van der Waals surface area contributed by atoms with Crippen molar-refractivity contribution in [2.45, 2.75) is 44.4 Å². The Hall–Kier alpha value is -1.73. The third-order valence-electron chi connectivity index (χ3n) is 3.81. The number of anilines is 1. The third-order valence-corrected chi connectivity index (χ3v) is 4.95. The number of hydrogen-bond donors (Lipinski definition) is 0. The molecule has 0 amide bonds. The molecule has 6 nitrogen and oxygen atoms in total. The zero-order valence-corrected chi connectivity index (χ0v) is 16.8. The van der Waals surface area contributed by atoms with Gasteiger partial charge in [-0.25, -0.2) is 0 Å². The van der Waals surface area contributed by atoms with Gasteiger partial charge in [-0.3, -0.25) is 9.36 Å². The van der Waals surface area contributed by atoms with Gasteiger partial charge >= 0.3 is 5.97 Å². The summed E-state index contributed by atoms with van der Waals surface area (Å²) in [6.45, 7) is 7.48. The van der Waals surface area contributed by atoms with Gasteiger partial charge < -0.3 is 9.64 Å². The molecule has 0 N–H and O–H groups in total. The maximum absolute atomic E-state index is 12.1. The van der Waals surface area contributed by atoms with Crippen LogP contribution in [0.3, 0.4) is 0 Å². The predicted molar refractivity (Wildman–Crippen MR) is 104 cm³/mol. The molecule has 140 valence electrons. The second-order valence-corrected chi connectivity index (χ2v) is 8.55. The van der Waals surface area contributed by atoms with Crippen molar-refractivity contribution in [3.63, 3.8) is 0 Å². The van der Waals surface area contributed by atoms with Gasteiger partial charge in [0.1, 0.15) is 5.60 Å². The summed E-state index contributed by atoms with van der Waals surface area (Å²) in [4.78, 5) is 14.3. The van der Waals surface area contributed by atoms with E-state index in [1.165, 1.54) is 11.8 Å². The molecule has 8 heteroatoms. The lowest BCUT2D eigenvalue weighted by Gasteiger charge is -2.20. The van der Waals surface area contributed by atoms with Gasteiger partial charge in [-0.05, 0) is 51.8 Å². The first kappa shape index (κ1) is 19.0. The summed E-state index contributed by atoms with van der Waals surface area (Å²) in [6.07, 6.45) is 2.28. The van der Waals surface area contributed by atoms with Gasteiger partial charge in [-0.1, -0.05) is 29.4 Å². The number of rotatable bonds is 5. The number of ether oxygens (including phenoxy) is 1. The molecule has 26 heavy (non-hydrogen) atoms. The van der Waals surface area contributed by atoms with Crippen LogP contribution in [0.1, 0.15) is 33.6 Å². The molecule has 1 fully saturated rings. The SMILES string of the molecule is CC(C)(C)OC(=O)CSc1nnc(N2CCCC2)n1-c1cccc(Cl)c1. The minimum absolute atomic E-state index is 0.177. The van der Waals surface area contributed by atoms with E-state index in [2.05, 4.69) is 15.1 Å². The molecule has 3 rings (SSSR count). The lowest BCUT2D eigenvalue weighted by Crippen LogP contribution is -2.25. The van der Waals surface area contributed by atoms with Crippen molar-refractivity contribution in [2.24, 2.45) is 0 Å². The van der Waals surface area contributed by atoms with Crippen LogP contribution in [0.25, 0.3) is 5.69 Å². The van der Waals surface area contributed by atoms with E-state index in [1.807, 2.05) is 49.6 Å². The van der Waals surface area contributed by atoms with Crippen LogP contribution in [0.15, 0.2) is 29.4 Å². The molecule has 1 aliphatic rings. The first-order valence-electron chi connectivity index (χ1n) is 8.64. The first-order valence-corrected chi connectivity index (χ1v) is 10.0. The topological polar surface area (TPSA) is 60.2 Å². The minimum Gasteiger partial charge on any atom is -0.459 e. The molecule has 0 bridgehead atoms. The number of esters is 1. The van der Waals surface area contributed by atoms with E-state index in [0.717, 1.165) is 37.6 Å². The van der Waals surface area contributed by atoms with Crippen LogP contribution in [0.2, 0.25) is 5.02 Å². The number of thioether (sulfide) groups is 1. The fraction of sp³-hybridized carbons (Fsp3) is 0.500. The highest BCUT2D eigenvalue weighted by Crippen LogP contribution is 2.29. The maximum Gasteiger partial charge on any atom is 0.316 e. The Morgan fingerprint density at radius 3 is 2.65 bits per heavy atom. The molecule has 0 radical (unpaired) electrons. The quantitative estimate of drug-likeness (QED) is 0.565. The zero-order chi connectivity index (χ0) is 18.7. The van der Waals surface area contributed by atoms with Crippen LogP contribution in [-0.4, -0.2) is 45.2 Å². The van der Waals surface area contributed by atoms with Gasteiger partial charge in [0.05, 0.1) is 11.4 Å². The normalized spacial score (nSPS) is 14.7. The van der Waals surface area contributed by atoms with E-state index in [9.17, 15) is 4.79 Å². The number of benzene rings is 1.